The van der Waals surface area contributed by atoms with E-state index in [1.54, 1.807) is 16.8 Å². The summed E-state index contributed by atoms with van der Waals surface area (Å²) >= 11 is 0. The molecule has 0 bridgehead atoms. The first kappa shape index (κ1) is 12.7. The lowest BCUT2D eigenvalue weighted by Crippen LogP contribution is -2.25. The Morgan fingerprint density at radius 3 is 2.70 bits per heavy atom. The molecule has 2 aromatic rings. The third-order valence-electron chi connectivity index (χ3n) is 3.65. The van der Waals surface area contributed by atoms with Gasteiger partial charge in [-0.3, -0.25) is 19.7 Å². The molecule has 1 aromatic carbocycles. The first-order valence-corrected chi connectivity index (χ1v) is 6.77. The lowest BCUT2D eigenvalue weighted by atomic mass is 9.94. The second-order valence-electron chi connectivity index (χ2n) is 5.09. The topological polar surface area (TPSA) is 51.1 Å². The van der Waals surface area contributed by atoms with Crippen LogP contribution in [0.2, 0.25) is 0 Å². The van der Waals surface area contributed by atoms with E-state index in [0.29, 0.717) is 12.0 Å². The van der Waals surface area contributed by atoms with Crippen molar-refractivity contribution in [2.75, 3.05) is 5.43 Å². The Balaban J connectivity index is 1.91. The molecule has 1 amide bonds. The number of aromatic nitrogens is 1. The van der Waals surface area contributed by atoms with Gasteiger partial charge in [-0.25, -0.2) is 0 Å². The normalized spacial score (nSPS) is 13.9. The van der Waals surface area contributed by atoms with E-state index in [9.17, 15) is 9.59 Å². The molecule has 0 atom stereocenters. The van der Waals surface area contributed by atoms with Gasteiger partial charge in [-0.1, -0.05) is 18.2 Å². The predicted octanol–water partition coefficient (Wildman–Crippen LogP) is 2.70. The summed E-state index contributed by atoms with van der Waals surface area (Å²) in [6.07, 6.45) is 4.10. The quantitative estimate of drug-likeness (QED) is 0.910. The number of amides is 1. The number of benzene rings is 1. The Morgan fingerprint density at radius 1 is 1.20 bits per heavy atom. The minimum absolute atomic E-state index is 0.165. The molecule has 1 heterocycles. The average Bonchev–Trinajstić information content (AvgIpc) is 2.77. The maximum absolute atomic E-state index is 12.2. The van der Waals surface area contributed by atoms with Crippen LogP contribution in [0.15, 0.2) is 36.5 Å². The summed E-state index contributed by atoms with van der Waals surface area (Å²) in [6.45, 7) is 1.91. The van der Waals surface area contributed by atoms with E-state index >= 15 is 0 Å². The molecule has 1 aromatic heterocycles. The van der Waals surface area contributed by atoms with Crippen LogP contribution in [0.3, 0.4) is 0 Å². The highest BCUT2D eigenvalue weighted by Crippen LogP contribution is 2.25. The monoisotopic (exact) mass is 268 g/mol. The smallest absolute Gasteiger partial charge is 0.270 e. The molecule has 1 aliphatic carbocycles. The van der Waals surface area contributed by atoms with E-state index in [-0.39, 0.29) is 11.7 Å². The average molecular weight is 268 g/mol. The fourth-order valence-corrected chi connectivity index (χ4v) is 2.72. The summed E-state index contributed by atoms with van der Waals surface area (Å²) in [7, 11) is 0. The largest absolute Gasteiger partial charge is 0.294 e. The van der Waals surface area contributed by atoms with Gasteiger partial charge in [0.05, 0.1) is 5.69 Å². The third-order valence-corrected chi connectivity index (χ3v) is 3.65. The van der Waals surface area contributed by atoms with Crippen LogP contribution in [0, 0.1) is 6.92 Å². The zero-order valence-corrected chi connectivity index (χ0v) is 11.3. The van der Waals surface area contributed by atoms with Crippen molar-refractivity contribution < 1.29 is 9.59 Å². The maximum Gasteiger partial charge on any atom is 0.270 e. The van der Waals surface area contributed by atoms with Crippen molar-refractivity contribution in [3.63, 3.8) is 0 Å². The van der Waals surface area contributed by atoms with Gasteiger partial charge in [0.15, 0.2) is 5.78 Å². The zero-order valence-electron chi connectivity index (χ0n) is 11.3. The van der Waals surface area contributed by atoms with Gasteiger partial charge in [-0.2, -0.15) is 0 Å². The van der Waals surface area contributed by atoms with Crippen molar-refractivity contribution in [1.82, 2.24) is 4.68 Å². The van der Waals surface area contributed by atoms with Gasteiger partial charge >= 0.3 is 0 Å². The maximum atomic E-state index is 12.2. The summed E-state index contributed by atoms with van der Waals surface area (Å²) in [4.78, 5) is 24.1. The van der Waals surface area contributed by atoms with E-state index in [1.165, 1.54) is 0 Å². The molecular weight excluding hydrogens is 252 g/mol. The molecule has 4 heteroatoms. The van der Waals surface area contributed by atoms with Crippen molar-refractivity contribution in [3.05, 3.63) is 58.9 Å². The summed E-state index contributed by atoms with van der Waals surface area (Å²) < 4.78 is 1.71. The minimum Gasteiger partial charge on any atom is -0.294 e. The third kappa shape index (κ3) is 2.13. The van der Waals surface area contributed by atoms with E-state index in [1.807, 2.05) is 31.3 Å². The van der Waals surface area contributed by atoms with Crippen LogP contribution in [-0.4, -0.2) is 16.4 Å². The molecule has 0 saturated carbocycles. The van der Waals surface area contributed by atoms with Crippen molar-refractivity contribution in [2.45, 2.75) is 26.2 Å². The van der Waals surface area contributed by atoms with E-state index in [4.69, 9.17) is 0 Å². The van der Waals surface area contributed by atoms with Crippen LogP contribution < -0.4 is 5.43 Å². The summed E-state index contributed by atoms with van der Waals surface area (Å²) in [5.41, 5.74) is 6.09. The fourth-order valence-electron chi connectivity index (χ4n) is 2.72. The predicted molar refractivity (Wildman–Crippen MR) is 76.6 cm³/mol. The standard InChI is InChI=1S/C16H16N2O2/c1-11-10-18(13-8-5-9-14(19)15(11)13)17-16(20)12-6-3-2-4-7-12/h2-4,6-7,10H,5,8-9H2,1H3,(H,17,20). The van der Waals surface area contributed by atoms with Gasteiger partial charge in [0, 0.05) is 23.7 Å². The Morgan fingerprint density at radius 2 is 1.95 bits per heavy atom. The minimum atomic E-state index is -0.165. The molecule has 4 nitrogen and oxygen atoms in total. The van der Waals surface area contributed by atoms with E-state index < -0.39 is 0 Å². The summed E-state index contributed by atoms with van der Waals surface area (Å²) in [6, 6.07) is 9.06. The van der Waals surface area contributed by atoms with Crippen molar-refractivity contribution in [3.8, 4) is 0 Å². The highest BCUT2D eigenvalue weighted by atomic mass is 16.2. The number of nitrogens with zero attached hydrogens (tertiary/aromatic N) is 1. The fraction of sp³-hybridized carbons (Fsp3) is 0.250. The summed E-state index contributed by atoms with van der Waals surface area (Å²) in [5, 5.41) is 0. The molecule has 1 N–H and O–H groups in total. The number of carbonyl (C=O) groups is 2. The number of nitrogens with one attached hydrogen (secondary N) is 1. The van der Waals surface area contributed by atoms with Gasteiger partial charge in [0.2, 0.25) is 0 Å². The van der Waals surface area contributed by atoms with Crippen LogP contribution in [0.4, 0.5) is 0 Å². The van der Waals surface area contributed by atoms with Gasteiger partial charge in [0.1, 0.15) is 0 Å². The second-order valence-corrected chi connectivity index (χ2v) is 5.09. The Labute approximate surface area is 117 Å². The molecule has 0 spiro atoms. The number of fused-ring (bicyclic) bond motifs is 1. The van der Waals surface area contributed by atoms with Crippen LogP contribution in [0.1, 0.15) is 44.8 Å². The molecule has 102 valence electrons. The SMILES string of the molecule is Cc1cn(NC(=O)c2ccccc2)c2c1C(=O)CCC2. The molecule has 0 fully saturated rings. The van der Waals surface area contributed by atoms with E-state index in [2.05, 4.69) is 5.43 Å². The number of carbonyl (C=O) groups excluding carboxylic acids is 2. The molecule has 0 saturated heterocycles. The number of rotatable bonds is 2. The van der Waals surface area contributed by atoms with Crippen molar-refractivity contribution >= 4 is 11.7 Å². The van der Waals surface area contributed by atoms with Crippen LogP contribution in [0.25, 0.3) is 0 Å². The lowest BCUT2D eigenvalue weighted by Gasteiger charge is -2.15. The Kier molecular flexibility index (Phi) is 3.14. The molecule has 1 aliphatic rings. The van der Waals surface area contributed by atoms with Crippen molar-refractivity contribution in [1.29, 1.82) is 0 Å². The highest BCUT2D eigenvalue weighted by molar-refractivity contribution is 6.02. The number of Topliss-reactive ketones (excluding diaryl/α,β-unsaturated/α-hetero) is 1. The first-order valence-electron chi connectivity index (χ1n) is 6.77. The zero-order chi connectivity index (χ0) is 14.1. The molecular formula is C16H16N2O2. The van der Waals surface area contributed by atoms with Crippen LogP contribution in [0.5, 0.6) is 0 Å². The van der Waals surface area contributed by atoms with Gasteiger partial charge < -0.3 is 0 Å². The number of ketones is 1. The molecule has 3 rings (SSSR count). The van der Waals surface area contributed by atoms with Gasteiger partial charge in [-0.15, -0.1) is 0 Å². The number of hydrogen-bond donors (Lipinski definition) is 1. The first-order chi connectivity index (χ1) is 9.66. The molecule has 0 unspecified atom stereocenters. The Bertz CT molecular complexity index is 671. The van der Waals surface area contributed by atoms with Gasteiger partial charge in [-0.05, 0) is 37.5 Å². The number of aryl methyl sites for hydroxylation is 1. The molecule has 20 heavy (non-hydrogen) atoms. The molecule has 0 radical (unpaired) electrons. The van der Waals surface area contributed by atoms with Crippen LogP contribution in [-0.2, 0) is 6.42 Å². The van der Waals surface area contributed by atoms with Gasteiger partial charge in [0.25, 0.3) is 5.91 Å². The van der Waals surface area contributed by atoms with Crippen molar-refractivity contribution in [2.24, 2.45) is 0 Å². The van der Waals surface area contributed by atoms with Crippen LogP contribution >= 0.6 is 0 Å². The lowest BCUT2D eigenvalue weighted by molar-refractivity contribution is 0.0966. The highest BCUT2D eigenvalue weighted by Gasteiger charge is 2.24. The molecule has 0 aliphatic heterocycles. The van der Waals surface area contributed by atoms with E-state index in [0.717, 1.165) is 29.7 Å². The Hall–Kier alpha value is -2.36. The summed E-state index contributed by atoms with van der Waals surface area (Å²) in [5.74, 6) is 0.0119. The number of hydrogen-bond acceptors (Lipinski definition) is 2. The second kappa shape index (κ2) is 4.96.